The largest absolute Gasteiger partial charge is 0.331 e. The van der Waals surface area contributed by atoms with Crippen LogP contribution in [0.4, 0.5) is 0 Å². The van der Waals surface area contributed by atoms with Crippen LogP contribution in [0.3, 0.4) is 0 Å². The summed E-state index contributed by atoms with van der Waals surface area (Å²) in [4.78, 5) is 4.67. The molecule has 0 unspecified atom stereocenters. The second kappa shape index (κ2) is 3.97. The summed E-state index contributed by atoms with van der Waals surface area (Å²) in [5, 5.41) is 0. The van der Waals surface area contributed by atoms with Gasteiger partial charge in [0.2, 0.25) is 0 Å². The molecule has 1 heterocycles. The van der Waals surface area contributed by atoms with Crippen molar-refractivity contribution >= 4 is 27.0 Å². The quantitative estimate of drug-likeness (QED) is 0.813. The summed E-state index contributed by atoms with van der Waals surface area (Å²) in [7, 11) is 2.08. The minimum atomic E-state index is 0.638. The lowest BCUT2D eigenvalue weighted by Crippen LogP contribution is -2.02. The number of hydrogen-bond donors (Lipinski definition) is 0. The van der Waals surface area contributed by atoms with E-state index in [0.717, 1.165) is 22.2 Å². The molecule has 0 amide bonds. The molecule has 0 fully saturated rings. The second-order valence-corrected chi connectivity index (χ2v) is 5.15. The minimum absolute atomic E-state index is 0.638. The van der Waals surface area contributed by atoms with Gasteiger partial charge in [-0.3, -0.25) is 0 Å². The number of halogens is 1. The predicted molar refractivity (Wildman–Crippen MR) is 67.0 cm³/mol. The van der Waals surface area contributed by atoms with E-state index in [1.54, 1.807) is 0 Å². The summed E-state index contributed by atoms with van der Waals surface area (Å²) in [5.41, 5.74) is 2.26. The molecule has 2 aromatic rings. The molecular weight excluding hydrogens is 252 g/mol. The van der Waals surface area contributed by atoms with Crippen LogP contribution in [0.25, 0.3) is 11.0 Å². The molecule has 0 bridgehead atoms. The Morgan fingerprint density at radius 2 is 2.13 bits per heavy atom. The van der Waals surface area contributed by atoms with Crippen molar-refractivity contribution in [2.75, 3.05) is 0 Å². The average Bonchev–Trinajstić information content (AvgIpc) is 2.46. The number of benzene rings is 1. The van der Waals surface area contributed by atoms with Crippen LogP contribution >= 0.6 is 15.9 Å². The Balaban J connectivity index is 2.59. The maximum atomic E-state index is 4.67. The zero-order valence-electron chi connectivity index (χ0n) is 9.29. The number of aryl methyl sites for hydroxylation is 1. The van der Waals surface area contributed by atoms with Gasteiger partial charge in [-0.2, -0.15) is 0 Å². The monoisotopic (exact) mass is 266 g/mol. The first kappa shape index (κ1) is 10.7. The van der Waals surface area contributed by atoms with Gasteiger partial charge in [-0.25, -0.2) is 4.98 Å². The van der Waals surface area contributed by atoms with Crippen molar-refractivity contribution in [3.8, 4) is 0 Å². The highest BCUT2D eigenvalue weighted by Gasteiger charge is 2.10. The molecule has 0 spiro atoms. The number of para-hydroxylation sites is 1. The molecule has 2 rings (SSSR count). The highest BCUT2D eigenvalue weighted by molar-refractivity contribution is 9.10. The topological polar surface area (TPSA) is 17.8 Å². The Kier molecular flexibility index (Phi) is 2.83. The number of fused-ring (bicyclic) bond motifs is 1. The minimum Gasteiger partial charge on any atom is -0.331 e. The van der Waals surface area contributed by atoms with Gasteiger partial charge in [0, 0.05) is 17.9 Å². The molecule has 0 radical (unpaired) electrons. The van der Waals surface area contributed by atoms with Crippen LogP contribution in [0.1, 0.15) is 19.7 Å². The lowest BCUT2D eigenvalue weighted by molar-refractivity contribution is 0.606. The molecule has 0 saturated heterocycles. The van der Waals surface area contributed by atoms with Gasteiger partial charge in [-0.15, -0.1) is 0 Å². The predicted octanol–water partition coefficient (Wildman–Crippen LogP) is 3.53. The number of imidazole rings is 1. The first-order valence-corrected chi connectivity index (χ1v) is 5.98. The van der Waals surface area contributed by atoms with Crippen LogP contribution in [-0.2, 0) is 13.5 Å². The molecule has 15 heavy (non-hydrogen) atoms. The van der Waals surface area contributed by atoms with Crippen LogP contribution < -0.4 is 0 Å². The van der Waals surface area contributed by atoms with Gasteiger partial charge >= 0.3 is 0 Å². The fraction of sp³-hybridized carbons (Fsp3) is 0.417. The van der Waals surface area contributed by atoms with E-state index in [9.17, 15) is 0 Å². The Morgan fingerprint density at radius 1 is 1.40 bits per heavy atom. The maximum absolute atomic E-state index is 4.67. The fourth-order valence-electron chi connectivity index (χ4n) is 1.78. The summed E-state index contributed by atoms with van der Waals surface area (Å²) < 4.78 is 3.26. The van der Waals surface area contributed by atoms with Crippen molar-refractivity contribution in [2.45, 2.75) is 20.3 Å². The molecule has 2 nitrogen and oxygen atoms in total. The van der Waals surface area contributed by atoms with E-state index in [4.69, 9.17) is 0 Å². The van der Waals surface area contributed by atoms with Crippen LogP contribution in [0.2, 0.25) is 0 Å². The van der Waals surface area contributed by atoms with Gasteiger partial charge in [0.25, 0.3) is 0 Å². The van der Waals surface area contributed by atoms with E-state index >= 15 is 0 Å². The van der Waals surface area contributed by atoms with Gasteiger partial charge in [0.05, 0.1) is 5.52 Å². The van der Waals surface area contributed by atoms with Gasteiger partial charge < -0.3 is 4.57 Å². The van der Waals surface area contributed by atoms with Crippen molar-refractivity contribution in [1.82, 2.24) is 9.55 Å². The Bertz CT molecular complexity index is 486. The molecule has 0 saturated carbocycles. The summed E-state index contributed by atoms with van der Waals surface area (Å²) >= 11 is 3.53. The average molecular weight is 267 g/mol. The van der Waals surface area contributed by atoms with E-state index < -0.39 is 0 Å². The summed E-state index contributed by atoms with van der Waals surface area (Å²) in [6.07, 6.45) is 1.03. The molecule has 0 atom stereocenters. The van der Waals surface area contributed by atoms with Crippen molar-refractivity contribution in [3.05, 3.63) is 28.5 Å². The SMILES string of the molecule is CC(C)Cc1nc2c(Br)cccc2n1C. The Morgan fingerprint density at radius 3 is 2.73 bits per heavy atom. The zero-order valence-corrected chi connectivity index (χ0v) is 10.9. The second-order valence-electron chi connectivity index (χ2n) is 4.29. The molecule has 80 valence electrons. The number of hydrogen-bond acceptors (Lipinski definition) is 1. The van der Waals surface area contributed by atoms with Crippen molar-refractivity contribution in [3.63, 3.8) is 0 Å². The molecule has 0 aliphatic carbocycles. The van der Waals surface area contributed by atoms with E-state index in [-0.39, 0.29) is 0 Å². The molecule has 0 N–H and O–H groups in total. The lowest BCUT2D eigenvalue weighted by Gasteiger charge is -2.04. The van der Waals surface area contributed by atoms with Crippen molar-refractivity contribution < 1.29 is 0 Å². The molecule has 0 aliphatic rings. The molecule has 0 aliphatic heterocycles. The zero-order chi connectivity index (χ0) is 11.0. The highest BCUT2D eigenvalue weighted by atomic mass is 79.9. The maximum Gasteiger partial charge on any atom is 0.109 e. The summed E-state index contributed by atoms with van der Waals surface area (Å²) in [6, 6.07) is 6.19. The van der Waals surface area contributed by atoms with E-state index in [1.807, 2.05) is 12.1 Å². The Hall–Kier alpha value is -0.830. The van der Waals surface area contributed by atoms with Gasteiger partial charge in [0.1, 0.15) is 11.3 Å². The molecule has 3 heteroatoms. The van der Waals surface area contributed by atoms with Crippen LogP contribution in [0.15, 0.2) is 22.7 Å². The molecule has 1 aromatic carbocycles. The third-order valence-corrected chi connectivity index (χ3v) is 3.19. The number of aromatic nitrogens is 2. The summed E-state index contributed by atoms with van der Waals surface area (Å²) in [5.74, 6) is 1.80. The van der Waals surface area contributed by atoms with E-state index in [1.165, 1.54) is 5.52 Å². The summed E-state index contributed by atoms with van der Waals surface area (Å²) in [6.45, 7) is 4.43. The molecular formula is C12H15BrN2. The normalized spacial score (nSPS) is 11.5. The standard InChI is InChI=1S/C12H15BrN2/c1-8(2)7-11-14-12-9(13)5-4-6-10(12)15(11)3/h4-6,8H,7H2,1-3H3. The van der Waals surface area contributed by atoms with Crippen molar-refractivity contribution in [1.29, 1.82) is 0 Å². The fourth-order valence-corrected chi connectivity index (χ4v) is 2.22. The highest BCUT2D eigenvalue weighted by Crippen LogP contribution is 2.24. The van der Waals surface area contributed by atoms with Gasteiger partial charge in [-0.1, -0.05) is 19.9 Å². The molecule has 1 aromatic heterocycles. The third kappa shape index (κ3) is 1.93. The Labute approximate surface area is 98.4 Å². The van der Waals surface area contributed by atoms with Crippen molar-refractivity contribution in [2.24, 2.45) is 13.0 Å². The first-order chi connectivity index (χ1) is 7.09. The number of nitrogens with zero attached hydrogens (tertiary/aromatic N) is 2. The first-order valence-electron chi connectivity index (χ1n) is 5.19. The van der Waals surface area contributed by atoms with Crippen LogP contribution in [-0.4, -0.2) is 9.55 Å². The van der Waals surface area contributed by atoms with E-state index in [0.29, 0.717) is 5.92 Å². The van der Waals surface area contributed by atoms with Crippen LogP contribution in [0.5, 0.6) is 0 Å². The smallest absolute Gasteiger partial charge is 0.109 e. The lowest BCUT2D eigenvalue weighted by atomic mass is 10.1. The van der Waals surface area contributed by atoms with Gasteiger partial charge in [0.15, 0.2) is 0 Å². The van der Waals surface area contributed by atoms with Crippen LogP contribution in [0, 0.1) is 5.92 Å². The van der Waals surface area contributed by atoms with Gasteiger partial charge in [-0.05, 0) is 34.0 Å². The van der Waals surface area contributed by atoms with E-state index in [2.05, 4.69) is 52.4 Å². The number of rotatable bonds is 2. The third-order valence-electron chi connectivity index (χ3n) is 2.55.